The number of rotatable bonds is 7. The zero-order valence-electron chi connectivity index (χ0n) is 11.7. The van der Waals surface area contributed by atoms with Gasteiger partial charge in [-0.2, -0.15) is 5.26 Å². The Labute approximate surface area is 140 Å². The molecular formula is C13H13N5OS3. The molecule has 0 aromatic carbocycles. The maximum absolute atomic E-state index is 12.2. The van der Waals surface area contributed by atoms with Crippen molar-refractivity contribution in [3.63, 3.8) is 0 Å². The molecule has 0 saturated heterocycles. The summed E-state index contributed by atoms with van der Waals surface area (Å²) in [6.45, 7) is 6.02. The molecule has 2 N–H and O–H groups in total. The highest BCUT2D eigenvalue weighted by Gasteiger charge is 2.18. The molecule has 2 aromatic rings. The minimum Gasteiger partial charge on any atom is -0.357 e. The lowest BCUT2D eigenvalue weighted by Gasteiger charge is -2.08. The molecule has 0 aliphatic carbocycles. The monoisotopic (exact) mass is 351 g/mol. The standard InChI is InChI=1S/C13H13N5OS3/c1-3-5-15-12-17-18-13(22-12)21-8(2)10(19)16-11-9(7-14)4-6-20-11/h3-4,6,8H,1,5H2,2H3,(H,15,17)(H,16,19)/t8-/m0/s1. The summed E-state index contributed by atoms with van der Waals surface area (Å²) in [5.41, 5.74) is 0.474. The second-order valence-electron chi connectivity index (χ2n) is 4.07. The lowest BCUT2D eigenvalue weighted by molar-refractivity contribution is -0.115. The van der Waals surface area contributed by atoms with Crippen LogP contribution >= 0.6 is 34.4 Å². The number of hydrogen-bond acceptors (Lipinski definition) is 8. The first-order chi connectivity index (χ1) is 10.6. The summed E-state index contributed by atoms with van der Waals surface area (Å²) in [4.78, 5) is 12.2. The second kappa shape index (κ2) is 7.93. The number of amides is 1. The molecule has 6 nitrogen and oxygen atoms in total. The third-order valence-electron chi connectivity index (χ3n) is 2.47. The van der Waals surface area contributed by atoms with E-state index >= 15 is 0 Å². The van der Waals surface area contributed by atoms with Crippen LogP contribution in [0, 0.1) is 11.3 Å². The van der Waals surface area contributed by atoms with Gasteiger partial charge in [-0.15, -0.1) is 28.1 Å². The van der Waals surface area contributed by atoms with E-state index in [1.807, 2.05) is 6.07 Å². The fourth-order valence-corrected chi connectivity index (χ4v) is 4.04. The predicted octanol–water partition coefficient (Wildman–Crippen LogP) is 3.19. The minimum atomic E-state index is -0.339. The molecule has 2 heterocycles. The van der Waals surface area contributed by atoms with Crippen LogP contribution in [0.25, 0.3) is 0 Å². The maximum atomic E-state index is 12.2. The number of aromatic nitrogens is 2. The second-order valence-corrected chi connectivity index (χ2v) is 7.55. The predicted molar refractivity (Wildman–Crippen MR) is 91.6 cm³/mol. The highest BCUT2D eigenvalue weighted by Crippen LogP contribution is 2.30. The Kier molecular flexibility index (Phi) is 5.94. The molecule has 0 fully saturated rings. The van der Waals surface area contributed by atoms with Crippen molar-refractivity contribution in [1.29, 1.82) is 5.26 Å². The molecule has 1 atom stereocenters. The summed E-state index contributed by atoms with van der Waals surface area (Å²) in [6, 6.07) is 3.73. The molecule has 0 radical (unpaired) electrons. The van der Waals surface area contributed by atoms with Gasteiger partial charge in [0.2, 0.25) is 11.0 Å². The van der Waals surface area contributed by atoms with Gasteiger partial charge in [0, 0.05) is 6.54 Å². The van der Waals surface area contributed by atoms with Crippen molar-refractivity contribution < 1.29 is 4.79 Å². The van der Waals surface area contributed by atoms with Crippen LogP contribution in [0.4, 0.5) is 10.1 Å². The van der Waals surface area contributed by atoms with Crippen molar-refractivity contribution in [2.24, 2.45) is 0 Å². The normalized spacial score (nSPS) is 11.5. The van der Waals surface area contributed by atoms with Crippen LogP contribution in [0.5, 0.6) is 0 Å². The van der Waals surface area contributed by atoms with E-state index in [-0.39, 0.29) is 11.2 Å². The summed E-state index contributed by atoms with van der Waals surface area (Å²) in [5, 5.41) is 25.5. The number of carbonyl (C=O) groups excluding carboxylic acids is 1. The van der Waals surface area contributed by atoms with E-state index in [1.54, 1.807) is 24.4 Å². The first kappa shape index (κ1) is 16.5. The Balaban J connectivity index is 1.92. The molecule has 0 aliphatic rings. The first-order valence-corrected chi connectivity index (χ1v) is 8.85. The van der Waals surface area contributed by atoms with Gasteiger partial charge < -0.3 is 10.6 Å². The SMILES string of the molecule is C=CCNc1nnc(S[C@@H](C)C(=O)Nc2sccc2C#N)s1. The fourth-order valence-electron chi connectivity index (χ4n) is 1.40. The first-order valence-electron chi connectivity index (χ1n) is 6.27. The average molecular weight is 351 g/mol. The van der Waals surface area contributed by atoms with Gasteiger partial charge in [-0.05, 0) is 18.4 Å². The van der Waals surface area contributed by atoms with Crippen molar-refractivity contribution in [3.8, 4) is 6.07 Å². The number of carbonyl (C=O) groups is 1. The van der Waals surface area contributed by atoms with E-state index in [0.29, 0.717) is 26.6 Å². The fraction of sp³-hybridized carbons (Fsp3) is 0.231. The Morgan fingerprint density at radius 2 is 2.45 bits per heavy atom. The van der Waals surface area contributed by atoms with Crippen LogP contribution in [0.3, 0.4) is 0 Å². The number of nitriles is 1. The van der Waals surface area contributed by atoms with Gasteiger partial charge in [0.1, 0.15) is 11.1 Å². The van der Waals surface area contributed by atoms with Gasteiger partial charge in [0.05, 0.1) is 10.8 Å². The average Bonchev–Trinajstić information content (AvgIpc) is 3.14. The molecule has 114 valence electrons. The highest BCUT2D eigenvalue weighted by molar-refractivity contribution is 8.02. The van der Waals surface area contributed by atoms with Crippen LogP contribution in [0.1, 0.15) is 12.5 Å². The topological polar surface area (TPSA) is 90.7 Å². The van der Waals surface area contributed by atoms with Gasteiger partial charge in [-0.3, -0.25) is 4.79 Å². The molecular weight excluding hydrogens is 338 g/mol. The van der Waals surface area contributed by atoms with E-state index in [9.17, 15) is 4.79 Å². The minimum absolute atomic E-state index is 0.167. The van der Waals surface area contributed by atoms with Crippen LogP contribution in [0.15, 0.2) is 28.4 Å². The van der Waals surface area contributed by atoms with E-state index < -0.39 is 0 Å². The Morgan fingerprint density at radius 3 is 3.18 bits per heavy atom. The Hall–Kier alpha value is -1.89. The largest absolute Gasteiger partial charge is 0.357 e. The molecule has 2 rings (SSSR count). The van der Waals surface area contributed by atoms with Crippen LogP contribution in [-0.2, 0) is 4.79 Å². The third-order valence-corrected chi connectivity index (χ3v) is 5.37. The Morgan fingerprint density at radius 1 is 1.64 bits per heavy atom. The molecule has 0 bridgehead atoms. The smallest absolute Gasteiger partial charge is 0.238 e. The zero-order valence-corrected chi connectivity index (χ0v) is 14.1. The summed E-state index contributed by atoms with van der Waals surface area (Å²) >= 11 is 4.05. The molecule has 0 unspecified atom stereocenters. The van der Waals surface area contributed by atoms with Crippen LogP contribution in [-0.4, -0.2) is 27.9 Å². The van der Waals surface area contributed by atoms with E-state index in [1.165, 1.54) is 34.4 Å². The molecule has 0 saturated carbocycles. The molecule has 1 amide bonds. The molecule has 2 aromatic heterocycles. The lowest BCUT2D eigenvalue weighted by Crippen LogP contribution is -2.22. The van der Waals surface area contributed by atoms with E-state index in [0.717, 1.165) is 0 Å². The maximum Gasteiger partial charge on any atom is 0.238 e. The molecule has 0 aliphatic heterocycles. The van der Waals surface area contributed by atoms with Crippen molar-refractivity contribution in [2.75, 3.05) is 17.2 Å². The van der Waals surface area contributed by atoms with E-state index in [2.05, 4.69) is 27.4 Å². The van der Waals surface area contributed by atoms with Crippen molar-refractivity contribution in [2.45, 2.75) is 16.5 Å². The number of thioether (sulfide) groups is 1. The number of hydrogen-bond donors (Lipinski definition) is 2. The van der Waals surface area contributed by atoms with Gasteiger partial charge in [-0.25, -0.2) is 0 Å². The number of nitrogens with one attached hydrogen (secondary N) is 2. The summed E-state index contributed by atoms with van der Waals surface area (Å²) in [7, 11) is 0. The summed E-state index contributed by atoms with van der Waals surface area (Å²) < 4.78 is 0.709. The third kappa shape index (κ3) is 4.30. The van der Waals surface area contributed by atoms with Gasteiger partial charge in [-0.1, -0.05) is 29.2 Å². The summed E-state index contributed by atoms with van der Waals surface area (Å²) in [6.07, 6.45) is 1.73. The van der Waals surface area contributed by atoms with Crippen molar-refractivity contribution in [3.05, 3.63) is 29.7 Å². The van der Waals surface area contributed by atoms with E-state index in [4.69, 9.17) is 5.26 Å². The molecule has 9 heteroatoms. The summed E-state index contributed by atoms with van der Waals surface area (Å²) in [5.74, 6) is -0.167. The van der Waals surface area contributed by atoms with Crippen LogP contribution < -0.4 is 10.6 Å². The molecule has 22 heavy (non-hydrogen) atoms. The highest BCUT2D eigenvalue weighted by atomic mass is 32.2. The number of anilines is 2. The van der Waals surface area contributed by atoms with Gasteiger partial charge in [0.15, 0.2) is 4.34 Å². The Bertz CT molecular complexity index is 703. The van der Waals surface area contributed by atoms with Gasteiger partial charge in [0.25, 0.3) is 0 Å². The number of thiophene rings is 1. The van der Waals surface area contributed by atoms with Crippen molar-refractivity contribution >= 4 is 50.5 Å². The quantitative estimate of drug-likeness (QED) is 0.588. The van der Waals surface area contributed by atoms with Crippen molar-refractivity contribution in [1.82, 2.24) is 10.2 Å². The molecule has 0 spiro atoms. The number of nitrogens with zero attached hydrogens (tertiary/aromatic N) is 3. The lowest BCUT2D eigenvalue weighted by atomic mass is 10.3. The van der Waals surface area contributed by atoms with Gasteiger partial charge >= 0.3 is 0 Å². The zero-order chi connectivity index (χ0) is 15.9. The van der Waals surface area contributed by atoms with Crippen LogP contribution in [0.2, 0.25) is 0 Å².